The molecule has 1 aliphatic heterocycles. The third-order valence-electron chi connectivity index (χ3n) is 5.64. The van der Waals surface area contributed by atoms with E-state index < -0.39 is 7.26 Å². The summed E-state index contributed by atoms with van der Waals surface area (Å²) in [5, 5.41) is 0. The molecule has 0 aromatic carbocycles. The van der Waals surface area contributed by atoms with E-state index in [0.717, 1.165) is 23.2 Å². The molecular weight excluding hydrogens is 235 g/mol. The molecule has 108 valence electrons. The lowest BCUT2D eigenvalue weighted by Gasteiger charge is -2.27. The van der Waals surface area contributed by atoms with Crippen LogP contribution >= 0.6 is 7.26 Å². The van der Waals surface area contributed by atoms with E-state index >= 15 is 0 Å². The zero-order chi connectivity index (χ0) is 14.1. The van der Waals surface area contributed by atoms with E-state index in [4.69, 9.17) is 0 Å². The summed E-state index contributed by atoms with van der Waals surface area (Å²) in [7, 11) is -0.500. The first-order valence-electron chi connectivity index (χ1n) is 8.04. The summed E-state index contributed by atoms with van der Waals surface area (Å²) in [6.07, 6.45) is 5.87. The highest BCUT2D eigenvalue weighted by Gasteiger charge is 2.67. The molecule has 0 nitrogen and oxygen atoms in total. The third-order valence-corrected chi connectivity index (χ3v) is 11.6. The van der Waals surface area contributed by atoms with Crippen LogP contribution in [0.25, 0.3) is 0 Å². The van der Waals surface area contributed by atoms with Crippen molar-refractivity contribution in [2.45, 2.75) is 79.5 Å². The SMILES string of the molecule is CC[P+]1(CC)C(C)C1CC(C)C(C)CC(C)(C)C. The Hall–Kier alpha value is 0.430. The van der Waals surface area contributed by atoms with Crippen LogP contribution in [-0.4, -0.2) is 23.6 Å². The van der Waals surface area contributed by atoms with Gasteiger partial charge in [-0.3, -0.25) is 0 Å². The van der Waals surface area contributed by atoms with Gasteiger partial charge >= 0.3 is 0 Å². The quantitative estimate of drug-likeness (QED) is 0.526. The molecule has 0 saturated carbocycles. The minimum Gasteiger partial charge on any atom is -0.0622 e. The monoisotopic (exact) mass is 271 g/mol. The topological polar surface area (TPSA) is 0 Å². The summed E-state index contributed by atoms with van der Waals surface area (Å²) < 4.78 is 0. The number of hydrogen-bond acceptors (Lipinski definition) is 0. The van der Waals surface area contributed by atoms with Gasteiger partial charge in [0.1, 0.15) is 11.3 Å². The molecule has 0 aromatic heterocycles. The van der Waals surface area contributed by atoms with Gasteiger partial charge in [0.05, 0.1) is 12.3 Å². The Labute approximate surface area is 117 Å². The normalized spacial score (nSPS) is 30.0. The second-order valence-corrected chi connectivity index (χ2v) is 12.9. The molecule has 0 spiro atoms. The Morgan fingerprint density at radius 1 is 1.00 bits per heavy atom. The summed E-state index contributed by atoms with van der Waals surface area (Å²) in [5.41, 5.74) is 2.69. The Morgan fingerprint density at radius 3 is 1.83 bits per heavy atom. The van der Waals surface area contributed by atoms with E-state index in [1.807, 2.05) is 0 Å². The second-order valence-electron chi connectivity index (χ2n) is 8.00. The van der Waals surface area contributed by atoms with Gasteiger partial charge < -0.3 is 0 Å². The molecule has 18 heavy (non-hydrogen) atoms. The fraction of sp³-hybridized carbons (Fsp3) is 1.00. The van der Waals surface area contributed by atoms with Crippen molar-refractivity contribution in [3.8, 4) is 0 Å². The molecule has 0 aromatic rings. The van der Waals surface area contributed by atoms with E-state index in [1.165, 1.54) is 25.2 Å². The molecular formula is C17H36P+. The smallest absolute Gasteiger partial charge is 0.0622 e. The Bertz CT molecular complexity index is 259. The molecule has 4 atom stereocenters. The molecule has 1 heterocycles. The predicted octanol–water partition coefficient (Wildman–Crippen LogP) is 5.91. The minimum atomic E-state index is -0.500. The highest BCUT2D eigenvalue weighted by Crippen LogP contribution is 2.84. The predicted molar refractivity (Wildman–Crippen MR) is 88.3 cm³/mol. The Kier molecular flexibility index (Phi) is 5.33. The van der Waals surface area contributed by atoms with Gasteiger partial charge in [-0.2, -0.15) is 0 Å². The zero-order valence-electron chi connectivity index (χ0n) is 14.1. The summed E-state index contributed by atoms with van der Waals surface area (Å²) >= 11 is 0. The van der Waals surface area contributed by atoms with Crippen molar-refractivity contribution in [3.05, 3.63) is 0 Å². The first-order chi connectivity index (χ1) is 8.18. The Morgan fingerprint density at radius 2 is 1.50 bits per heavy atom. The molecule has 0 N–H and O–H groups in total. The van der Waals surface area contributed by atoms with Gasteiger partial charge in [0, 0.05) is 7.26 Å². The van der Waals surface area contributed by atoms with Crippen LogP contribution in [0.3, 0.4) is 0 Å². The maximum absolute atomic E-state index is 2.53. The van der Waals surface area contributed by atoms with Gasteiger partial charge in [-0.25, -0.2) is 0 Å². The van der Waals surface area contributed by atoms with Crippen molar-refractivity contribution < 1.29 is 0 Å². The second kappa shape index (κ2) is 5.82. The number of hydrogen-bond donors (Lipinski definition) is 0. The average Bonchev–Trinajstić information content (AvgIpc) is 2.81. The van der Waals surface area contributed by atoms with Gasteiger partial charge in [0.15, 0.2) is 0 Å². The fourth-order valence-electron chi connectivity index (χ4n) is 4.16. The van der Waals surface area contributed by atoms with Crippen LogP contribution in [0.4, 0.5) is 0 Å². The van der Waals surface area contributed by atoms with Crippen LogP contribution in [0, 0.1) is 17.3 Å². The lowest BCUT2D eigenvalue weighted by Crippen LogP contribution is -2.18. The number of rotatable bonds is 6. The summed E-state index contributed by atoms with van der Waals surface area (Å²) in [6.45, 7) is 19.5. The lowest BCUT2D eigenvalue weighted by atomic mass is 9.79. The van der Waals surface area contributed by atoms with Crippen molar-refractivity contribution in [1.82, 2.24) is 0 Å². The standard InChI is InChI=1S/C17H36P/c1-9-18(10-2)15(5)16(18)11-13(3)14(4)12-17(6,7)8/h13-16H,9-12H2,1-8H3/q+1. The first-order valence-corrected chi connectivity index (χ1v) is 10.3. The van der Waals surface area contributed by atoms with Gasteiger partial charge in [0.2, 0.25) is 0 Å². The maximum Gasteiger partial charge on any atom is 0.106 e. The van der Waals surface area contributed by atoms with Crippen LogP contribution in [0.5, 0.6) is 0 Å². The van der Waals surface area contributed by atoms with Gasteiger partial charge in [-0.1, -0.05) is 34.6 Å². The van der Waals surface area contributed by atoms with E-state index in [0.29, 0.717) is 5.41 Å². The average molecular weight is 271 g/mol. The van der Waals surface area contributed by atoms with Crippen LogP contribution in [-0.2, 0) is 0 Å². The van der Waals surface area contributed by atoms with Gasteiger partial charge in [0.25, 0.3) is 0 Å². The van der Waals surface area contributed by atoms with Crippen LogP contribution in [0.15, 0.2) is 0 Å². The van der Waals surface area contributed by atoms with E-state index in [-0.39, 0.29) is 0 Å². The minimum absolute atomic E-state index is 0.491. The largest absolute Gasteiger partial charge is 0.106 e. The zero-order valence-corrected chi connectivity index (χ0v) is 15.0. The van der Waals surface area contributed by atoms with Crippen LogP contribution in [0.2, 0.25) is 0 Å². The van der Waals surface area contributed by atoms with Crippen molar-refractivity contribution in [1.29, 1.82) is 0 Å². The van der Waals surface area contributed by atoms with E-state index in [2.05, 4.69) is 55.4 Å². The lowest BCUT2D eigenvalue weighted by molar-refractivity contribution is 0.242. The molecule has 1 saturated heterocycles. The molecule has 1 heteroatoms. The van der Waals surface area contributed by atoms with Gasteiger partial charge in [-0.05, 0) is 50.9 Å². The summed E-state index contributed by atoms with van der Waals surface area (Å²) in [4.78, 5) is 0. The Balaban J connectivity index is 2.49. The molecule has 1 fully saturated rings. The van der Waals surface area contributed by atoms with E-state index in [1.54, 1.807) is 0 Å². The molecule has 1 aliphatic rings. The maximum atomic E-state index is 2.53. The third kappa shape index (κ3) is 3.50. The van der Waals surface area contributed by atoms with Crippen molar-refractivity contribution >= 4 is 7.26 Å². The van der Waals surface area contributed by atoms with Crippen molar-refractivity contribution in [3.63, 3.8) is 0 Å². The highest BCUT2D eigenvalue weighted by molar-refractivity contribution is 7.84. The molecule has 0 aliphatic carbocycles. The van der Waals surface area contributed by atoms with Crippen molar-refractivity contribution in [2.75, 3.05) is 12.3 Å². The van der Waals surface area contributed by atoms with Crippen LogP contribution in [0.1, 0.15) is 68.2 Å². The first kappa shape index (κ1) is 16.5. The fourth-order valence-corrected chi connectivity index (χ4v) is 9.55. The molecule has 0 radical (unpaired) electrons. The molecule has 0 bridgehead atoms. The highest BCUT2D eigenvalue weighted by atomic mass is 31.2. The molecule has 4 unspecified atom stereocenters. The van der Waals surface area contributed by atoms with Crippen LogP contribution < -0.4 is 0 Å². The molecule has 0 amide bonds. The van der Waals surface area contributed by atoms with Crippen molar-refractivity contribution in [2.24, 2.45) is 17.3 Å². The van der Waals surface area contributed by atoms with E-state index in [9.17, 15) is 0 Å². The summed E-state index contributed by atoms with van der Waals surface area (Å²) in [5.74, 6) is 1.80. The molecule has 1 rings (SSSR count). The summed E-state index contributed by atoms with van der Waals surface area (Å²) in [6, 6.07) is 0. The van der Waals surface area contributed by atoms with Gasteiger partial charge in [-0.15, -0.1) is 0 Å².